The quantitative estimate of drug-likeness (QED) is 0.418. The van der Waals surface area contributed by atoms with E-state index in [2.05, 4.69) is 20.8 Å². The standard InChI is InChI=1S/C6H11/c1-4-5(2)6(4)3/h4-6H,1H2,2-3H3/t4?,5-,6+. The average molecular weight is 83.2 g/mol. The molecule has 6 heavy (non-hydrogen) atoms. The van der Waals surface area contributed by atoms with E-state index in [4.69, 9.17) is 0 Å². The highest BCUT2D eigenvalue weighted by molar-refractivity contribution is 4.91. The Morgan fingerprint density at radius 1 is 1.17 bits per heavy atom. The highest BCUT2D eigenvalue weighted by atomic mass is 14.4. The van der Waals surface area contributed by atoms with E-state index in [1.54, 1.807) is 0 Å². The van der Waals surface area contributed by atoms with Crippen molar-refractivity contribution in [3.05, 3.63) is 6.92 Å². The lowest BCUT2D eigenvalue weighted by Gasteiger charge is -1.66. The first kappa shape index (κ1) is 4.17. The van der Waals surface area contributed by atoms with Crippen LogP contribution in [0.2, 0.25) is 0 Å². The van der Waals surface area contributed by atoms with Crippen molar-refractivity contribution < 1.29 is 0 Å². The van der Waals surface area contributed by atoms with Crippen molar-refractivity contribution in [2.75, 3.05) is 0 Å². The molecule has 0 aromatic carbocycles. The second-order valence-corrected chi connectivity index (χ2v) is 2.38. The molecule has 1 fully saturated rings. The number of rotatable bonds is 0. The van der Waals surface area contributed by atoms with Crippen LogP contribution in [0.25, 0.3) is 0 Å². The Morgan fingerprint density at radius 3 is 1.33 bits per heavy atom. The Kier molecular flexibility index (Phi) is 0.686. The third-order valence-corrected chi connectivity index (χ3v) is 2.04. The highest BCUT2D eigenvalue weighted by Gasteiger charge is 2.38. The Bertz CT molecular complexity index is 36.8. The fraction of sp³-hybridized carbons (Fsp3) is 0.833. The highest BCUT2D eigenvalue weighted by Crippen LogP contribution is 2.43. The summed E-state index contributed by atoms with van der Waals surface area (Å²) in [7, 11) is 0. The van der Waals surface area contributed by atoms with E-state index in [1.807, 2.05) is 0 Å². The van der Waals surface area contributed by atoms with Gasteiger partial charge in [-0.1, -0.05) is 13.8 Å². The van der Waals surface area contributed by atoms with Crippen molar-refractivity contribution in [2.45, 2.75) is 13.8 Å². The van der Waals surface area contributed by atoms with Gasteiger partial charge in [-0.3, -0.25) is 0 Å². The maximum Gasteiger partial charge on any atom is -0.0357 e. The molecule has 0 spiro atoms. The monoisotopic (exact) mass is 83.1 g/mol. The van der Waals surface area contributed by atoms with Crippen LogP contribution in [0.3, 0.4) is 0 Å². The first-order chi connectivity index (χ1) is 2.73. The van der Waals surface area contributed by atoms with Crippen molar-refractivity contribution in [1.29, 1.82) is 0 Å². The third-order valence-electron chi connectivity index (χ3n) is 2.04. The van der Waals surface area contributed by atoms with Crippen LogP contribution in [-0.4, -0.2) is 0 Å². The molecule has 1 unspecified atom stereocenters. The molecule has 3 atom stereocenters. The van der Waals surface area contributed by atoms with E-state index in [-0.39, 0.29) is 0 Å². The van der Waals surface area contributed by atoms with Crippen molar-refractivity contribution in [3.63, 3.8) is 0 Å². The molecule has 1 aliphatic carbocycles. The Balaban J connectivity index is 2.31. The van der Waals surface area contributed by atoms with E-state index in [1.165, 1.54) is 0 Å². The van der Waals surface area contributed by atoms with Crippen LogP contribution in [0.4, 0.5) is 0 Å². The first-order valence-corrected chi connectivity index (χ1v) is 2.56. The minimum atomic E-state index is 0.769. The fourth-order valence-electron chi connectivity index (χ4n) is 0.765. The zero-order valence-electron chi connectivity index (χ0n) is 4.44. The second-order valence-electron chi connectivity index (χ2n) is 2.38. The largest absolute Gasteiger partial charge is 0.0620 e. The molecule has 0 amide bonds. The van der Waals surface area contributed by atoms with Crippen molar-refractivity contribution in [3.8, 4) is 0 Å². The van der Waals surface area contributed by atoms with Gasteiger partial charge in [0.15, 0.2) is 0 Å². The maximum absolute atomic E-state index is 3.91. The third kappa shape index (κ3) is 0.360. The topological polar surface area (TPSA) is 0 Å². The summed E-state index contributed by atoms with van der Waals surface area (Å²) in [6.07, 6.45) is 0. The molecule has 0 heterocycles. The van der Waals surface area contributed by atoms with Gasteiger partial charge in [-0.15, -0.1) is 0 Å². The molecule has 1 saturated carbocycles. The second kappa shape index (κ2) is 0.988. The number of hydrogen-bond donors (Lipinski definition) is 0. The molecule has 0 saturated heterocycles. The minimum absolute atomic E-state index is 0.769. The predicted octanol–water partition coefficient (Wildman–Crippen LogP) is 1.72. The molecular weight excluding hydrogens is 72.1 g/mol. The van der Waals surface area contributed by atoms with Crippen molar-refractivity contribution in [1.82, 2.24) is 0 Å². The van der Waals surface area contributed by atoms with Gasteiger partial charge < -0.3 is 0 Å². The average Bonchev–Trinajstić information content (AvgIpc) is 1.94. The smallest absolute Gasteiger partial charge is 0.0357 e. The molecule has 1 radical (unpaired) electrons. The molecular formula is C6H11. The molecule has 0 aromatic rings. The van der Waals surface area contributed by atoms with E-state index >= 15 is 0 Å². The fourth-order valence-corrected chi connectivity index (χ4v) is 0.765. The SMILES string of the molecule is [CH2]C1[C@@H](C)[C@H]1C. The zero-order valence-corrected chi connectivity index (χ0v) is 4.44. The van der Waals surface area contributed by atoms with Crippen LogP contribution in [0.5, 0.6) is 0 Å². The zero-order chi connectivity index (χ0) is 4.73. The van der Waals surface area contributed by atoms with Gasteiger partial charge in [0, 0.05) is 0 Å². The van der Waals surface area contributed by atoms with E-state index < -0.39 is 0 Å². The van der Waals surface area contributed by atoms with Crippen LogP contribution < -0.4 is 0 Å². The lowest BCUT2D eigenvalue weighted by molar-refractivity contribution is 0.834. The van der Waals surface area contributed by atoms with Crippen molar-refractivity contribution in [2.24, 2.45) is 17.8 Å². The summed E-state index contributed by atoms with van der Waals surface area (Å²) in [4.78, 5) is 0. The summed E-state index contributed by atoms with van der Waals surface area (Å²) >= 11 is 0. The molecule has 0 N–H and O–H groups in total. The van der Waals surface area contributed by atoms with E-state index in [0.29, 0.717) is 0 Å². The molecule has 35 valence electrons. The lowest BCUT2D eigenvalue weighted by atomic mass is 10.4. The molecule has 0 nitrogen and oxygen atoms in total. The summed E-state index contributed by atoms with van der Waals surface area (Å²) in [6.45, 7) is 8.42. The summed E-state index contributed by atoms with van der Waals surface area (Å²) in [5.74, 6) is 2.58. The van der Waals surface area contributed by atoms with E-state index in [9.17, 15) is 0 Å². The van der Waals surface area contributed by atoms with Crippen LogP contribution in [0.15, 0.2) is 0 Å². The Morgan fingerprint density at radius 2 is 1.33 bits per heavy atom. The van der Waals surface area contributed by atoms with Crippen LogP contribution >= 0.6 is 0 Å². The first-order valence-electron chi connectivity index (χ1n) is 2.56. The van der Waals surface area contributed by atoms with E-state index in [0.717, 1.165) is 17.8 Å². The van der Waals surface area contributed by atoms with Gasteiger partial charge in [0.05, 0.1) is 0 Å². The van der Waals surface area contributed by atoms with Crippen LogP contribution in [0.1, 0.15) is 13.8 Å². The van der Waals surface area contributed by atoms with Gasteiger partial charge >= 0.3 is 0 Å². The van der Waals surface area contributed by atoms with Gasteiger partial charge in [-0.05, 0) is 24.7 Å². The summed E-state index contributed by atoms with van der Waals surface area (Å²) < 4.78 is 0. The van der Waals surface area contributed by atoms with Crippen molar-refractivity contribution >= 4 is 0 Å². The molecule has 0 heteroatoms. The molecule has 0 bridgehead atoms. The van der Waals surface area contributed by atoms with Gasteiger partial charge in [-0.25, -0.2) is 0 Å². The molecule has 1 aliphatic rings. The summed E-state index contributed by atoms with van der Waals surface area (Å²) in [5.41, 5.74) is 0. The summed E-state index contributed by atoms with van der Waals surface area (Å²) in [6, 6.07) is 0. The Hall–Kier alpha value is 0. The van der Waals surface area contributed by atoms with Gasteiger partial charge in [0.1, 0.15) is 0 Å². The van der Waals surface area contributed by atoms with Gasteiger partial charge in [-0.2, -0.15) is 0 Å². The molecule has 1 rings (SSSR count). The lowest BCUT2D eigenvalue weighted by Crippen LogP contribution is -1.59. The van der Waals surface area contributed by atoms with Crippen LogP contribution in [0, 0.1) is 24.7 Å². The van der Waals surface area contributed by atoms with Crippen LogP contribution in [-0.2, 0) is 0 Å². The van der Waals surface area contributed by atoms with Gasteiger partial charge in [0.2, 0.25) is 0 Å². The van der Waals surface area contributed by atoms with Gasteiger partial charge in [0.25, 0.3) is 0 Å². The predicted molar refractivity (Wildman–Crippen MR) is 27.2 cm³/mol. The molecule has 0 aromatic heterocycles. The minimum Gasteiger partial charge on any atom is -0.0620 e. The molecule has 0 aliphatic heterocycles. The maximum atomic E-state index is 3.91. The summed E-state index contributed by atoms with van der Waals surface area (Å²) in [5, 5.41) is 0. The Labute approximate surface area is 39.6 Å². The number of hydrogen-bond acceptors (Lipinski definition) is 0. The normalized spacial score (nSPS) is 55.5.